The van der Waals surface area contributed by atoms with Crippen molar-refractivity contribution in [3.63, 3.8) is 0 Å². The van der Waals surface area contributed by atoms with Crippen LogP contribution in [0.1, 0.15) is 34.6 Å². The van der Waals surface area contributed by atoms with E-state index in [9.17, 15) is 0 Å². The van der Waals surface area contributed by atoms with Crippen LogP contribution in [0.25, 0.3) is 0 Å². The molecule has 0 aromatic heterocycles. The Labute approximate surface area is 64.4 Å². The van der Waals surface area contributed by atoms with Crippen LogP contribution in [0.15, 0.2) is 0 Å². The molecule has 0 aliphatic carbocycles. The van der Waals surface area contributed by atoms with E-state index in [-0.39, 0.29) is 0 Å². The fourth-order valence-corrected chi connectivity index (χ4v) is 1.17. The van der Waals surface area contributed by atoms with Gasteiger partial charge >= 0.3 is 0 Å². The van der Waals surface area contributed by atoms with Crippen molar-refractivity contribution in [3.05, 3.63) is 0 Å². The van der Waals surface area contributed by atoms with Crippen LogP contribution < -0.4 is 0 Å². The molecule has 0 saturated heterocycles. The minimum atomic E-state index is 0.404. The van der Waals surface area contributed by atoms with E-state index in [2.05, 4.69) is 47.2 Å². The van der Waals surface area contributed by atoms with Crippen LogP contribution >= 0.6 is 12.6 Å². The molecule has 0 aliphatic rings. The Kier molecular flexibility index (Phi) is 3.07. The van der Waals surface area contributed by atoms with Gasteiger partial charge in [-0.05, 0) is 11.3 Å². The molecule has 0 aliphatic heterocycles. The number of hydrogen-bond donors (Lipinski definition) is 1. The standard InChI is InChI=1S/C8H18S/c1-6(7(2)9)8(3,4)5/h6-7,9H,1-5H3. The lowest BCUT2D eigenvalue weighted by atomic mass is 9.80. The summed E-state index contributed by atoms with van der Waals surface area (Å²) in [6.45, 7) is 11.2. The van der Waals surface area contributed by atoms with Gasteiger partial charge in [-0.1, -0.05) is 34.6 Å². The molecule has 0 N–H and O–H groups in total. The lowest BCUT2D eigenvalue weighted by Gasteiger charge is -2.29. The molecular formula is C8H18S. The van der Waals surface area contributed by atoms with E-state index in [0.29, 0.717) is 16.6 Å². The Morgan fingerprint density at radius 2 is 1.44 bits per heavy atom. The topological polar surface area (TPSA) is 0 Å². The zero-order valence-electron chi connectivity index (χ0n) is 7.10. The van der Waals surface area contributed by atoms with E-state index in [0.717, 1.165) is 0 Å². The molecule has 0 aromatic carbocycles. The van der Waals surface area contributed by atoms with Crippen LogP contribution in [0.5, 0.6) is 0 Å². The third-order valence-corrected chi connectivity index (χ3v) is 2.54. The van der Waals surface area contributed by atoms with Gasteiger partial charge in [0.25, 0.3) is 0 Å². The first-order valence-electron chi connectivity index (χ1n) is 3.53. The molecule has 2 atom stereocenters. The highest BCUT2D eigenvalue weighted by molar-refractivity contribution is 7.80. The molecule has 0 rings (SSSR count). The Hall–Kier alpha value is 0.350. The monoisotopic (exact) mass is 146 g/mol. The van der Waals surface area contributed by atoms with Crippen LogP contribution in [-0.4, -0.2) is 5.25 Å². The molecule has 0 saturated carbocycles. The molecule has 0 amide bonds. The second-order valence-corrected chi connectivity index (χ2v) is 4.71. The van der Waals surface area contributed by atoms with E-state index in [1.54, 1.807) is 0 Å². The highest BCUT2D eigenvalue weighted by Crippen LogP contribution is 2.29. The summed E-state index contributed by atoms with van der Waals surface area (Å²) in [5.74, 6) is 0.681. The highest BCUT2D eigenvalue weighted by Gasteiger charge is 2.22. The summed E-state index contributed by atoms with van der Waals surface area (Å²) in [5.41, 5.74) is 0.404. The summed E-state index contributed by atoms with van der Waals surface area (Å²) in [7, 11) is 0. The summed E-state index contributed by atoms with van der Waals surface area (Å²) >= 11 is 4.39. The van der Waals surface area contributed by atoms with Gasteiger partial charge in [-0.25, -0.2) is 0 Å². The molecule has 9 heavy (non-hydrogen) atoms. The Morgan fingerprint density at radius 1 is 1.11 bits per heavy atom. The summed E-state index contributed by atoms with van der Waals surface area (Å²) in [6.07, 6.45) is 0. The average Bonchev–Trinajstić information content (AvgIpc) is 1.62. The molecule has 0 heterocycles. The minimum Gasteiger partial charge on any atom is -0.176 e. The zero-order chi connectivity index (χ0) is 7.65. The first kappa shape index (κ1) is 9.35. The molecule has 0 bridgehead atoms. The van der Waals surface area contributed by atoms with Crippen LogP contribution in [0.3, 0.4) is 0 Å². The highest BCUT2D eigenvalue weighted by atomic mass is 32.1. The van der Waals surface area contributed by atoms with Crippen LogP contribution in [0.4, 0.5) is 0 Å². The molecule has 1 heteroatoms. The second-order valence-electron chi connectivity index (χ2n) is 3.90. The molecule has 0 radical (unpaired) electrons. The van der Waals surface area contributed by atoms with Gasteiger partial charge in [-0.3, -0.25) is 0 Å². The molecule has 0 fully saturated rings. The van der Waals surface area contributed by atoms with Gasteiger partial charge in [0.15, 0.2) is 0 Å². The van der Waals surface area contributed by atoms with Gasteiger partial charge in [-0.2, -0.15) is 12.6 Å². The fraction of sp³-hybridized carbons (Fsp3) is 1.00. The van der Waals surface area contributed by atoms with E-state index < -0.39 is 0 Å². The summed E-state index contributed by atoms with van der Waals surface area (Å²) < 4.78 is 0. The first-order chi connectivity index (χ1) is 3.85. The maximum absolute atomic E-state index is 4.39. The van der Waals surface area contributed by atoms with E-state index in [1.807, 2.05) is 0 Å². The van der Waals surface area contributed by atoms with Crippen molar-refractivity contribution in [2.45, 2.75) is 39.9 Å². The third kappa shape index (κ3) is 3.14. The van der Waals surface area contributed by atoms with Crippen molar-refractivity contribution >= 4 is 12.6 Å². The normalized spacial score (nSPS) is 19.3. The number of hydrogen-bond acceptors (Lipinski definition) is 1. The van der Waals surface area contributed by atoms with Crippen molar-refractivity contribution in [3.8, 4) is 0 Å². The van der Waals surface area contributed by atoms with Crippen molar-refractivity contribution in [2.75, 3.05) is 0 Å². The second kappa shape index (κ2) is 2.96. The van der Waals surface area contributed by atoms with Gasteiger partial charge in [0.1, 0.15) is 0 Å². The lowest BCUT2D eigenvalue weighted by molar-refractivity contribution is 0.262. The predicted octanol–water partition coefficient (Wildman–Crippen LogP) is 2.99. The predicted molar refractivity (Wildman–Crippen MR) is 47.1 cm³/mol. The molecule has 0 aromatic rings. The first-order valence-corrected chi connectivity index (χ1v) is 4.05. The molecule has 2 unspecified atom stereocenters. The summed E-state index contributed by atoms with van der Waals surface area (Å²) in [5, 5.41) is 0.505. The Morgan fingerprint density at radius 3 is 1.44 bits per heavy atom. The average molecular weight is 146 g/mol. The van der Waals surface area contributed by atoms with Gasteiger partial charge in [-0.15, -0.1) is 0 Å². The number of rotatable bonds is 1. The summed E-state index contributed by atoms with van der Waals surface area (Å²) in [4.78, 5) is 0. The largest absolute Gasteiger partial charge is 0.176 e. The quantitative estimate of drug-likeness (QED) is 0.540. The van der Waals surface area contributed by atoms with Crippen molar-refractivity contribution < 1.29 is 0 Å². The lowest BCUT2D eigenvalue weighted by Crippen LogP contribution is -2.23. The van der Waals surface area contributed by atoms with Crippen LogP contribution in [0.2, 0.25) is 0 Å². The van der Waals surface area contributed by atoms with Gasteiger partial charge in [0.05, 0.1) is 0 Å². The Balaban J connectivity index is 3.88. The maximum Gasteiger partial charge on any atom is 0.00190 e. The smallest absolute Gasteiger partial charge is 0.00190 e. The molecular weight excluding hydrogens is 128 g/mol. The number of thiol groups is 1. The van der Waals surface area contributed by atoms with Gasteiger partial charge in [0.2, 0.25) is 0 Å². The third-order valence-electron chi connectivity index (χ3n) is 2.09. The van der Waals surface area contributed by atoms with Crippen molar-refractivity contribution in [1.82, 2.24) is 0 Å². The van der Waals surface area contributed by atoms with Gasteiger partial charge in [0, 0.05) is 5.25 Å². The van der Waals surface area contributed by atoms with E-state index in [4.69, 9.17) is 0 Å². The fourth-order valence-electron chi connectivity index (χ4n) is 0.724. The maximum atomic E-state index is 4.39. The minimum absolute atomic E-state index is 0.404. The molecule has 0 spiro atoms. The zero-order valence-corrected chi connectivity index (χ0v) is 8.00. The van der Waals surface area contributed by atoms with Crippen LogP contribution in [-0.2, 0) is 0 Å². The van der Waals surface area contributed by atoms with Crippen molar-refractivity contribution in [2.24, 2.45) is 11.3 Å². The SMILES string of the molecule is CC(S)C(C)C(C)(C)C. The van der Waals surface area contributed by atoms with Crippen LogP contribution in [0, 0.1) is 11.3 Å². The van der Waals surface area contributed by atoms with E-state index in [1.165, 1.54) is 0 Å². The van der Waals surface area contributed by atoms with Crippen molar-refractivity contribution in [1.29, 1.82) is 0 Å². The Bertz CT molecular complexity index is 79.1. The molecule has 56 valence electrons. The van der Waals surface area contributed by atoms with E-state index >= 15 is 0 Å². The van der Waals surface area contributed by atoms with Gasteiger partial charge < -0.3 is 0 Å². The summed E-state index contributed by atoms with van der Waals surface area (Å²) in [6, 6.07) is 0. The molecule has 0 nitrogen and oxygen atoms in total.